The van der Waals surface area contributed by atoms with Crippen molar-refractivity contribution in [2.45, 2.75) is 22.6 Å². The highest BCUT2D eigenvalue weighted by molar-refractivity contribution is 14.1. The molecule has 0 saturated carbocycles. The summed E-state index contributed by atoms with van der Waals surface area (Å²) in [5.41, 5.74) is 0. The lowest BCUT2D eigenvalue weighted by Gasteiger charge is -2.39. The van der Waals surface area contributed by atoms with Crippen LogP contribution >= 0.6 is 34.4 Å². The molecule has 0 bridgehead atoms. The van der Waals surface area contributed by atoms with Crippen molar-refractivity contribution in [2.24, 2.45) is 0 Å². The fourth-order valence-corrected chi connectivity index (χ4v) is 3.06. The molecule has 1 rings (SSSR count). The second-order valence-electron chi connectivity index (χ2n) is 2.54. The molecular weight excluding hydrogens is 277 g/mol. The molecule has 5 heteroatoms. The smallest absolute Gasteiger partial charge is 0.217 e. The lowest BCUT2D eigenvalue weighted by atomic mass is 10.2. The highest BCUT2D eigenvalue weighted by Crippen LogP contribution is 2.47. The zero-order valence-electron chi connectivity index (χ0n) is 6.18. The number of halogens is 1. The molecule has 0 spiro atoms. The topological polar surface area (TPSA) is 46.2 Å². The van der Waals surface area contributed by atoms with Gasteiger partial charge < -0.3 is 5.32 Å². The standard InChI is InChI=1S/C6H8INO2S/c1-3(9)8-4-5(10)11-6(4,2)7/h4H,1-2H3,(H,8,9)/t4-,6?/m0/s1. The van der Waals surface area contributed by atoms with E-state index in [1.807, 2.05) is 6.92 Å². The first kappa shape index (κ1) is 9.31. The molecule has 3 nitrogen and oxygen atoms in total. The van der Waals surface area contributed by atoms with Crippen molar-refractivity contribution in [3.05, 3.63) is 0 Å². The summed E-state index contributed by atoms with van der Waals surface area (Å²) < 4.78 is -0.152. The molecule has 1 N–H and O–H groups in total. The average molecular weight is 285 g/mol. The van der Waals surface area contributed by atoms with E-state index in [9.17, 15) is 9.59 Å². The number of alkyl halides is 1. The fourth-order valence-electron chi connectivity index (χ4n) is 0.858. The van der Waals surface area contributed by atoms with Gasteiger partial charge in [0.15, 0.2) is 0 Å². The van der Waals surface area contributed by atoms with Gasteiger partial charge in [-0.25, -0.2) is 0 Å². The third kappa shape index (κ3) is 1.87. The molecule has 0 aromatic rings. The number of hydrogen-bond donors (Lipinski definition) is 1. The van der Waals surface area contributed by atoms with Crippen molar-refractivity contribution >= 4 is 45.4 Å². The highest BCUT2D eigenvalue weighted by atomic mass is 127. The number of carbonyl (C=O) groups excluding carboxylic acids is 2. The molecule has 1 saturated heterocycles. The molecule has 0 aliphatic carbocycles. The summed E-state index contributed by atoms with van der Waals surface area (Å²) in [6.07, 6.45) is 0. The first-order valence-corrected chi connectivity index (χ1v) is 5.02. The minimum absolute atomic E-state index is 0.0529. The molecule has 0 aromatic heterocycles. The van der Waals surface area contributed by atoms with E-state index in [-0.39, 0.29) is 19.8 Å². The first-order valence-electron chi connectivity index (χ1n) is 3.12. The minimum atomic E-state index is -0.300. The van der Waals surface area contributed by atoms with Crippen molar-refractivity contribution in [1.82, 2.24) is 5.32 Å². The number of amides is 1. The summed E-state index contributed by atoms with van der Waals surface area (Å²) in [6.45, 7) is 3.35. The SMILES string of the molecule is CC(=O)N[C@H]1C(=O)SC1(C)I. The van der Waals surface area contributed by atoms with E-state index < -0.39 is 0 Å². The van der Waals surface area contributed by atoms with Gasteiger partial charge in [-0.05, 0) is 6.92 Å². The van der Waals surface area contributed by atoms with Crippen molar-refractivity contribution in [1.29, 1.82) is 0 Å². The van der Waals surface area contributed by atoms with E-state index in [0.717, 1.165) is 0 Å². The predicted octanol–water partition coefficient (Wildman–Crippen LogP) is 0.916. The maximum atomic E-state index is 10.9. The molecule has 2 atom stereocenters. The molecule has 1 unspecified atom stereocenters. The Hall–Kier alpha value is 0.220. The molecule has 1 aliphatic heterocycles. The van der Waals surface area contributed by atoms with Gasteiger partial charge in [-0.15, -0.1) is 0 Å². The first-order chi connectivity index (χ1) is 4.93. The van der Waals surface area contributed by atoms with Crippen LogP contribution in [-0.2, 0) is 9.59 Å². The van der Waals surface area contributed by atoms with Crippen LogP contribution in [0, 0.1) is 0 Å². The van der Waals surface area contributed by atoms with Crippen molar-refractivity contribution in [3.63, 3.8) is 0 Å². The fraction of sp³-hybridized carbons (Fsp3) is 0.667. The zero-order chi connectivity index (χ0) is 8.65. The Bertz CT molecular complexity index is 217. The minimum Gasteiger partial charge on any atom is -0.343 e. The van der Waals surface area contributed by atoms with E-state index in [1.54, 1.807) is 0 Å². The molecule has 62 valence electrons. The van der Waals surface area contributed by atoms with E-state index >= 15 is 0 Å². The average Bonchev–Trinajstić information content (AvgIpc) is 1.82. The number of hydrogen-bond acceptors (Lipinski definition) is 3. The predicted molar refractivity (Wildman–Crippen MR) is 52.6 cm³/mol. The van der Waals surface area contributed by atoms with Crippen LogP contribution in [0.25, 0.3) is 0 Å². The van der Waals surface area contributed by atoms with Crippen LogP contribution in [-0.4, -0.2) is 19.8 Å². The number of rotatable bonds is 1. The summed E-state index contributed by atoms with van der Waals surface area (Å²) in [5.74, 6) is -0.147. The van der Waals surface area contributed by atoms with Gasteiger partial charge >= 0.3 is 0 Å². The number of carbonyl (C=O) groups is 2. The normalized spacial score (nSPS) is 36.3. The van der Waals surface area contributed by atoms with E-state index in [2.05, 4.69) is 27.9 Å². The Morgan fingerprint density at radius 3 is 2.55 bits per heavy atom. The van der Waals surface area contributed by atoms with Gasteiger partial charge in [0.1, 0.15) is 8.80 Å². The molecule has 11 heavy (non-hydrogen) atoms. The maximum Gasteiger partial charge on any atom is 0.217 e. The molecule has 1 heterocycles. The summed E-state index contributed by atoms with van der Waals surface area (Å²) in [4.78, 5) is 21.5. The number of nitrogens with one attached hydrogen (secondary N) is 1. The van der Waals surface area contributed by atoms with Gasteiger partial charge in [-0.3, -0.25) is 9.59 Å². The summed E-state index contributed by atoms with van der Waals surface area (Å²) in [6, 6.07) is -0.300. The Morgan fingerprint density at radius 1 is 1.82 bits per heavy atom. The van der Waals surface area contributed by atoms with E-state index in [1.165, 1.54) is 18.7 Å². The van der Waals surface area contributed by atoms with Crippen LogP contribution < -0.4 is 5.32 Å². The summed E-state index contributed by atoms with van der Waals surface area (Å²) in [7, 11) is 0. The second-order valence-corrected chi connectivity index (χ2v) is 6.97. The Labute approximate surface area is 82.8 Å². The van der Waals surface area contributed by atoms with E-state index in [4.69, 9.17) is 0 Å². The van der Waals surface area contributed by atoms with Crippen LogP contribution in [0.15, 0.2) is 0 Å². The van der Waals surface area contributed by atoms with Crippen molar-refractivity contribution in [2.75, 3.05) is 0 Å². The number of thioether (sulfide) groups is 1. The van der Waals surface area contributed by atoms with Crippen LogP contribution in [0.5, 0.6) is 0 Å². The zero-order valence-corrected chi connectivity index (χ0v) is 9.15. The lowest BCUT2D eigenvalue weighted by molar-refractivity contribution is -0.123. The lowest BCUT2D eigenvalue weighted by Crippen LogP contribution is -2.57. The second kappa shape index (κ2) is 2.93. The summed E-state index contributed by atoms with van der Waals surface area (Å²) >= 11 is 3.43. The third-order valence-corrected chi connectivity index (χ3v) is 3.75. The molecule has 1 fully saturated rings. The van der Waals surface area contributed by atoms with E-state index in [0.29, 0.717) is 0 Å². The quantitative estimate of drug-likeness (QED) is 0.575. The Balaban J connectivity index is 2.57. The Morgan fingerprint density at radius 2 is 2.36 bits per heavy atom. The van der Waals surface area contributed by atoms with Crippen LogP contribution in [0.1, 0.15) is 13.8 Å². The molecule has 0 aromatic carbocycles. The molecular formula is C6H8INO2S. The maximum absolute atomic E-state index is 10.9. The Kier molecular flexibility index (Phi) is 2.48. The van der Waals surface area contributed by atoms with Gasteiger partial charge in [0.05, 0.1) is 0 Å². The summed E-state index contributed by atoms with van der Waals surface area (Å²) in [5, 5.41) is 2.66. The van der Waals surface area contributed by atoms with Gasteiger partial charge in [0, 0.05) is 6.92 Å². The van der Waals surface area contributed by atoms with Crippen LogP contribution in [0.2, 0.25) is 0 Å². The highest BCUT2D eigenvalue weighted by Gasteiger charge is 2.50. The van der Waals surface area contributed by atoms with Gasteiger partial charge in [-0.2, -0.15) is 0 Å². The van der Waals surface area contributed by atoms with Crippen molar-refractivity contribution in [3.8, 4) is 0 Å². The molecule has 0 radical (unpaired) electrons. The van der Waals surface area contributed by atoms with Crippen LogP contribution in [0.4, 0.5) is 0 Å². The molecule has 1 aliphatic rings. The van der Waals surface area contributed by atoms with Gasteiger partial charge in [-0.1, -0.05) is 34.4 Å². The molecule has 1 amide bonds. The van der Waals surface area contributed by atoms with Gasteiger partial charge in [0.2, 0.25) is 11.0 Å². The monoisotopic (exact) mass is 285 g/mol. The largest absolute Gasteiger partial charge is 0.343 e. The van der Waals surface area contributed by atoms with Gasteiger partial charge in [0.25, 0.3) is 0 Å². The third-order valence-electron chi connectivity index (χ3n) is 1.40. The van der Waals surface area contributed by atoms with Crippen LogP contribution in [0.3, 0.4) is 0 Å². The van der Waals surface area contributed by atoms with Crippen molar-refractivity contribution < 1.29 is 9.59 Å².